The van der Waals surface area contributed by atoms with E-state index < -0.39 is 5.97 Å². The normalized spacial score (nSPS) is 12.1. The van der Waals surface area contributed by atoms with E-state index >= 15 is 0 Å². The van der Waals surface area contributed by atoms with Crippen molar-refractivity contribution < 1.29 is 14.6 Å². The smallest absolute Gasteiger partial charge is 0.337 e. The van der Waals surface area contributed by atoms with Crippen LogP contribution in [0.25, 0.3) is 0 Å². The third-order valence-corrected chi connectivity index (χ3v) is 2.90. The van der Waals surface area contributed by atoms with Gasteiger partial charge in [-0.15, -0.1) is 0 Å². The maximum Gasteiger partial charge on any atom is 0.337 e. The van der Waals surface area contributed by atoms with Crippen LogP contribution in [-0.2, 0) is 0 Å². The molecule has 19 heavy (non-hydrogen) atoms. The van der Waals surface area contributed by atoms with Crippen molar-refractivity contribution in [3.8, 4) is 5.88 Å². The van der Waals surface area contributed by atoms with E-state index in [0.717, 1.165) is 12.8 Å². The highest BCUT2D eigenvalue weighted by Crippen LogP contribution is 2.21. The summed E-state index contributed by atoms with van der Waals surface area (Å²) in [5.74, 6) is -0.730. The van der Waals surface area contributed by atoms with Gasteiger partial charge in [0.2, 0.25) is 5.88 Å². The van der Waals surface area contributed by atoms with Crippen molar-refractivity contribution in [1.29, 1.82) is 0 Å². The van der Waals surface area contributed by atoms with Crippen LogP contribution < -0.4 is 10.5 Å². The minimum atomic E-state index is -1.04. The minimum Gasteiger partial charge on any atom is -0.478 e. The first-order valence-electron chi connectivity index (χ1n) is 6.70. The first kappa shape index (κ1) is 15.3. The van der Waals surface area contributed by atoms with E-state index in [-0.39, 0.29) is 17.4 Å². The number of nitrogens with zero attached hydrogens (tertiary/aromatic N) is 1. The molecule has 0 aliphatic carbocycles. The lowest BCUT2D eigenvalue weighted by Gasteiger charge is -2.15. The molecule has 1 atom stereocenters. The van der Waals surface area contributed by atoms with Crippen molar-refractivity contribution >= 4 is 11.7 Å². The van der Waals surface area contributed by atoms with Crippen molar-refractivity contribution in [3.63, 3.8) is 0 Å². The van der Waals surface area contributed by atoms with Gasteiger partial charge in [-0.3, -0.25) is 0 Å². The molecule has 0 spiro atoms. The van der Waals surface area contributed by atoms with Crippen LogP contribution in [-0.4, -0.2) is 22.2 Å². The van der Waals surface area contributed by atoms with Crippen molar-refractivity contribution in [2.75, 3.05) is 5.73 Å². The summed E-state index contributed by atoms with van der Waals surface area (Å²) in [6.45, 7) is 4.15. The molecule has 5 heteroatoms. The number of carboxylic acid groups (broad SMARTS) is 1. The molecule has 0 radical (unpaired) electrons. The SMILES string of the molecule is CCCCCCC(C)Oc1ncc(C(=O)O)cc1N. The Morgan fingerprint density at radius 2 is 2.21 bits per heavy atom. The number of ether oxygens (including phenoxy) is 1. The van der Waals surface area contributed by atoms with Gasteiger partial charge in [-0.1, -0.05) is 26.2 Å². The van der Waals surface area contributed by atoms with Crippen molar-refractivity contribution in [2.24, 2.45) is 0 Å². The summed E-state index contributed by atoms with van der Waals surface area (Å²) in [7, 11) is 0. The van der Waals surface area contributed by atoms with Crippen LogP contribution in [0.4, 0.5) is 5.69 Å². The summed E-state index contributed by atoms with van der Waals surface area (Å²) < 4.78 is 5.63. The molecule has 5 nitrogen and oxygen atoms in total. The molecule has 1 unspecified atom stereocenters. The van der Waals surface area contributed by atoms with E-state index in [0.29, 0.717) is 5.88 Å². The largest absolute Gasteiger partial charge is 0.478 e. The topological polar surface area (TPSA) is 85.4 Å². The Morgan fingerprint density at radius 3 is 2.79 bits per heavy atom. The molecule has 1 rings (SSSR count). The summed E-state index contributed by atoms with van der Waals surface area (Å²) in [6.07, 6.45) is 7.00. The number of pyridine rings is 1. The van der Waals surface area contributed by atoms with Gasteiger partial charge in [-0.25, -0.2) is 9.78 Å². The predicted molar refractivity (Wildman–Crippen MR) is 74.5 cm³/mol. The number of carboxylic acids is 1. The fourth-order valence-electron chi connectivity index (χ4n) is 1.79. The molecule has 1 heterocycles. The van der Waals surface area contributed by atoms with Crippen LogP contribution >= 0.6 is 0 Å². The zero-order chi connectivity index (χ0) is 14.3. The molecule has 0 fully saturated rings. The van der Waals surface area contributed by atoms with Gasteiger partial charge in [-0.05, 0) is 25.8 Å². The molecule has 0 amide bonds. The maximum absolute atomic E-state index is 10.8. The van der Waals surface area contributed by atoms with Crippen LogP contribution in [0.2, 0.25) is 0 Å². The zero-order valence-corrected chi connectivity index (χ0v) is 11.6. The summed E-state index contributed by atoms with van der Waals surface area (Å²) in [4.78, 5) is 14.7. The highest BCUT2D eigenvalue weighted by Gasteiger charge is 2.11. The van der Waals surface area contributed by atoms with E-state index in [1.54, 1.807) is 0 Å². The van der Waals surface area contributed by atoms with Crippen molar-refractivity contribution in [3.05, 3.63) is 17.8 Å². The lowest BCUT2D eigenvalue weighted by molar-refractivity contribution is 0.0696. The Balaban J connectivity index is 2.50. The number of aromatic nitrogens is 1. The molecule has 0 aliphatic heterocycles. The maximum atomic E-state index is 10.8. The Morgan fingerprint density at radius 1 is 1.47 bits per heavy atom. The number of hydrogen-bond acceptors (Lipinski definition) is 4. The second-order valence-electron chi connectivity index (χ2n) is 4.70. The van der Waals surface area contributed by atoms with Crippen LogP contribution in [0.3, 0.4) is 0 Å². The van der Waals surface area contributed by atoms with Gasteiger partial charge in [0.05, 0.1) is 17.4 Å². The number of unbranched alkanes of at least 4 members (excludes halogenated alkanes) is 3. The molecule has 1 aromatic heterocycles. The van der Waals surface area contributed by atoms with E-state index in [1.807, 2.05) is 6.92 Å². The monoisotopic (exact) mass is 266 g/mol. The Bertz CT molecular complexity index is 421. The number of rotatable bonds is 8. The van der Waals surface area contributed by atoms with Gasteiger partial charge in [-0.2, -0.15) is 0 Å². The third kappa shape index (κ3) is 5.16. The van der Waals surface area contributed by atoms with E-state index in [4.69, 9.17) is 15.6 Å². The second kappa shape index (κ2) is 7.61. The molecule has 0 bridgehead atoms. The van der Waals surface area contributed by atoms with Crippen LogP contribution in [0.1, 0.15) is 56.3 Å². The van der Waals surface area contributed by atoms with Crippen molar-refractivity contribution in [1.82, 2.24) is 4.98 Å². The van der Waals surface area contributed by atoms with E-state index in [9.17, 15) is 4.79 Å². The van der Waals surface area contributed by atoms with Gasteiger partial charge in [0.15, 0.2) is 0 Å². The van der Waals surface area contributed by atoms with Crippen LogP contribution in [0.15, 0.2) is 12.3 Å². The molecule has 0 saturated heterocycles. The fraction of sp³-hybridized carbons (Fsp3) is 0.571. The zero-order valence-electron chi connectivity index (χ0n) is 11.6. The third-order valence-electron chi connectivity index (χ3n) is 2.90. The van der Waals surface area contributed by atoms with E-state index in [2.05, 4.69) is 11.9 Å². The van der Waals surface area contributed by atoms with Gasteiger partial charge in [0.25, 0.3) is 0 Å². The number of nitrogens with two attached hydrogens (primary N) is 1. The molecule has 0 saturated carbocycles. The lowest BCUT2D eigenvalue weighted by atomic mass is 10.1. The first-order valence-corrected chi connectivity index (χ1v) is 6.70. The lowest BCUT2D eigenvalue weighted by Crippen LogP contribution is -2.14. The summed E-state index contributed by atoms with van der Waals surface area (Å²) in [6, 6.07) is 1.37. The quantitative estimate of drug-likeness (QED) is 0.706. The highest BCUT2D eigenvalue weighted by molar-refractivity contribution is 5.88. The molecule has 3 N–H and O–H groups in total. The molecule has 0 aromatic carbocycles. The van der Waals surface area contributed by atoms with Gasteiger partial charge >= 0.3 is 5.97 Å². The second-order valence-corrected chi connectivity index (χ2v) is 4.70. The Kier molecular flexibility index (Phi) is 6.12. The minimum absolute atomic E-state index is 0.0299. The number of anilines is 1. The molecule has 0 aliphatic rings. The summed E-state index contributed by atoms with van der Waals surface area (Å²) in [5.41, 5.74) is 6.07. The Hall–Kier alpha value is -1.78. The number of carbonyl (C=O) groups is 1. The number of hydrogen-bond donors (Lipinski definition) is 2. The number of nitrogen functional groups attached to an aromatic ring is 1. The van der Waals surface area contributed by atoms with Gasteiger partial charge < -0.3 is 15.6 Å². The van der Waals surface area contributed by atoms with Crippen molar-refractivity contribution in [2.45, 2.75) is 52.1 Å². The Labute approximate surface area is 113 Å². The van der Waals surface area contributed by atoms with E-state index in [1.165, 1.54) is 31.5 Å². The molecular weight excluding hydrogens is 244 g/mol. The first-order chi connectivity index (χ1) is 9.04. The molecular formula is C14H22N2O3. The highest BCUT2D eigenvalue weighted by atomic mass is 16.5. The van der Waals surface area contributed by atoms with Gasteiger partial charge in [0, 0.05) is 6.20 Å². The molecule has 106 valence electrons. The average molecular weight is 266 g/mol. The standard InChI is InChI=1S/C14H22N2O3/c1-3-4-5-6-7-10(2)19-13-12(15)8-11(9-16-13)14(17)18/h8-10H,3-7,15H2,1-2H3,(H,17,18). The fourth-order valence-corrected chi connectivity index (χ4v) is 1.79. The number of aromatic carboxylic acids is 1. The predicted octanol–water partition coefficient (Wildman–Crippen LogP) is 3.10. The van der Waals surface area contributed by atoms with Crippen LogP contribution in [0.5, 0.6) is 5.88 Å². The van der Waals surface area contributed by atoms with Crippen LogP contribution in [0, 0.1) is 0 Å². The summed E-state index contributed by atoms with van der Waals surface area (Å²) in [5, 5.41) is 8.81. The summed E-state index contributed by atoms with van der Waals surface area (Å²) >= 11 is 0. The molecule has 1 aromatic rings. The van der Waals surface area contributed by atoms with Gasteiger partial charge in [0.1, 0.15) is 0 Å². The average Bonchev–Trinajstić information content (AvgIpc) is 2.37.